The van der Waals surface area contributed by atoms with Crippen molar-refractivity contribution in [1.82, 2.24) is 0 Å². The Hall–Kier alpha value is -1.61. The number of hydrogen-bond donors (Lipinski definition) is 2. The molecule has 0 aromatic heterocycles. The SMILES string of the molecule is CC(=O)OC[C@H]1O[C@H](Sc2ccccc2)[C@@H](O)[C@@H](O)[C@@H]1OC(C)=O. The number of hydrogen-bond acceptors (Lipinski definition) is 8. The maximum Gasteiger partial charge on any atom is 0.303 e. The third-order valence-corrected chi connectivity index (χ3v) is 4.56. The second-order valence-electron chi connectivity index (χ2n) is 5.33. The van der Waals surface area contributed by atoms with Crippen LogP contribution in [0.5, 0.6) is 0 Å². The van der Waals surface area contributed by atoms with E-state index in [1.807, 2.05) is 30.3 Å². The second kappa shape index (κ2) is 8.48. The highest BCUT2D eigenvalue weighted by Crippen LogP contribution is 2.34. The molecule has 132 valence electrons. The molecule has 0 saturated carbocycles. The summed E-state index contributed by atoms with van der Waals surface area (Å²) in [5, 5.41) is 20.6. The van der Waals surface area contributed by atoms with Gasteiger partial charge in [0.25, 0.3) is 0 Å². The Morgan fingerprint density at radius 1 is 1.12 bits per heavy atom. The van der Waals surface area contributed by atoms with Crippen LogP contribution in [0.2, 0.25) is 0 Å². The van der Waals surface area contributed by atoms with Crippen molar-refractivity contribution in [3.63, 3.8) is 0 Å². The van der Waals surface area contributed by atoms with E-state index < -0.39 is 41.8 Å². The van der Waals surface area contributed by atoms with Crippen LogP contribution in [-0.2, 0) is 23.8 Å². The fourth-order valence-electron chi connectivity index (χ4n) is 2.31. The van der Waals surface area contributed by atoms with Crippen molar-refractivity contribution < 1.29 is 34.0 Å². The van der Waals surface area contributed by atoms with Crippen LogP contribution < -0.4 is 0 Å². The molecule has 2 N–H and O–H groups in total. The van der Waals surface area contributed by atoms with E-state index in [2.05, 4.69) is 0 Å². The van der Waals surface area contributed by atoms with Gasteiger partial charge in [0.1, 0.15) is 30.4 Å². The highest BCUT2D eigenvalue weighted by Gasteiger charge is 2.47. The molecule has 1 aromatic rings. The molecule has 0 spiro atoms. The molecule has 0 bridgehead atoms. The lowest BCUT2D eigenvalue weighted by Crippen LogP contribution is -2.59. The molecule has 1 fully saturated rings. The summed E-state index contributed by atoms with van der Waals surface area (Å²) in [6.07, 6.45) is -4.63. The van der Waals surface area contributed by atoms with Gasteiger partial charge < -0.3 is 24.4 Å². The maximum atomic E-state index is 11.2. The Kier molecular flexibility index (Phi) is 6.61. The molecule has 8 heteroatoms. The molecule has 0 radical (unpaired) electrons. The van der Waals surface area contributed by atoms with Gasteiger partial charge in [-0.1, -0.05) is 30.0 Å². The largest absolute Gasteiger partial charge is 0.463 e. The predicted octanol–water partition coefficient (Wildman–Crippen LogP) is 0.720. The topological polar surface area (TPSA) is 102 Å². The van der Waals surface area contributed by atoms with E-state index in [9.17, 15) is 19.8 Å². The summed E-state index contributed by atoms with van der Waals surface area (Å²) in [5.41, 5.74) is -0.797. The molecule has 1 saturated heterocycles. The van der Waals surface area contributed by atoms with Crippen molar-refractivity contribution in [2.75, 3.05) is 6.61 Å². The highest BCUT2D eigenvalue weighted by molar-refractivity contribution is 7.99. The number of ether oxygens (including phenoxy) is 3. The van der Waals surface area contributed by atoms with Crippen LogP contribution in [0.1, 0.15) is 13.8 Å². The van der Waals surface area contributed by atoms with Crippen molar-refractivity contribution in [3.8, 4) is 0 Å². The third-order valence-electron chi connectivity index (χ3n) is 3.39. The van der Waals surface area contributed by atoms with Crippen LogP contribution in [0, 0.1) is 0 Å². The standard InChI is InChI=1S/C16H20O7S/c1-9(17)21-8-12-15(22-10(2)18)13(19)14(20)16(23-12)24-11-6-4-3-5-7-11/h3-7,12-16,19-20H,8H2,1-2H3/t12-,13-,14+,15-,16-/m1/s1. The molecule has 5 atom stereocenters. The summed E-state index contributed by atoms with van der Waals surface area (Å²) < 4.78 is 15.7. The summed E-state index contributed by atoms with van der Waals surface area (Å²) in [6, 6.07) is 9.22. The van der Waals surface area contributed by atoms with Crippen LogP contribution in [0.15, 0.2) is 35.2 Å². The molecular weight excluding hydrogens is 336 g/mol. The van der Waals surface area contributed by atoms with Gasteiger partial charge in [0, 0.05) is 18.7 Å². The lowest BCUT2D eigenvalue weighted by molar-refractivity contribution is -0.222. The van der Waals surface area contributed by atoms with Gasteiger partial charge in [-0.3, -0.25) is 9.59 Å². The quantitative estimate of drug-likeness (QED) is 0.744. The number of esters is 2. The zero-order valence-corrected chi connectivity index (χ0v) is 14.1. The van der Waals surface area contributed by atoms with Crippen LogP contribution in [0.25, 0.3) is 0 Å². The number of carbonyl (C=O) groups excluding carboxylic acids is 2. The first-order valence-corrected chi connectivity index (χ1v) is 8.30. The first-order chi connectivity index (χ1) is 11.4. The Balaban J connectivity index is 2.13. The lowest BCUT2D eigenvalue weighted by atomic mass is 10.00. The average Bonchev–Trinajstić information content (AvgIpc) is 2.54. The van der Waals surface area contributed by atoms with Gasteiger partial charge in [-0.25, -0.2) is 0 Å². The monoisotopic (exact) mass is 356 g/mol. The first kappa shape index (κ1) is 18.7. The molecule has 24 heavy (non-hydrogen) atoms. The highest BCUT2D eigenvalue weighted by atomic mass is 32.2. The van der Waals surface area contributed by atoms with E-state index in [1.54, 1.807) is 0 Å². The van der Waals surface area contributed by atoms with Crippen LogP contribution >= 0.6 is 11.8 Å². The lowest BCUT2D eigenvalue weighted by Gasteiger charge is -2.41. The van der Waals surface area contributed by atoms with E-state index in [0.29, 0.717) is 0 Å². The van der Waals surface area contributed by atoms with Crippen molar-refractivity contribution in [3.05, 3.63) is 30.3 Å². The number of benzene rings is 1. The molecule has 1 aromatic carbocycles. The molecule has 1 heterocycles. The summed E-state index contributed by atoms with van der Waals surface area (Å²) in [4.78, 5) is 23.1. The van der Waals surface area contributed by atoms with Crippen LogP contribution in [0.3, 0.4) is 0 Å². The normalized spacial score (nSPS) is 29.8. The molecule has 7 nitrogen and oxygen atoms in total. The van der Waals surface area contributed by atoms with Gasteiger partial charge >= 0.3 is 11.9 Å². The van der Waals surface area contributed by atoms with Gasteiger partial charge in [-0.15, -0.1) is 0 Å². The number of carbonyl (C=O) groups is 2. The van der Waals surface area contributed by atoms with E-state index in [4.69, 9.17) is 14.2 Å². The predicted molar refractivity (Wildman–Crippen MR) is 85.2 cm³/mol. The maximum absolute atomic E-state index is 11.2. The summed E-state index contributed by atoms with van der Waals surface area (Å²) >= 11 is 1.22. The van der Waals surface area contributed by atoms with Crippen LogP contribution in [0.4, 0.5) is 0 Å². The Morgan fingerprint density at radius 3 is 2.38 bits per heavy atom. The molecule has 2 rings (SSSR count). The first-order valence-electron chi connectivity index (χ1n) is 7.42. The molecule has 1 aliphatic heterocycles. The second-order valence-corrected chi connectivity index (χ2v) is 6.50. The molecule has 0 aliphatic carbocycles. The minimum atomic E-state index is -1.36. The van der Waals surface area contributed by atoms with Gasteiger partial charge in [-0.2, -0.15) is 0 Å². The Bertz CT molecular complexity index is 565. The van der Waals surface area contributed by atoms with E-state index in [1.165, 1.54) is 25.6 Å². The summed E-state index contributed by atoms with van der Waals surface area (Å²) in [6.45, 7) is 2.24. The van der Waals surface area contributed by atoms with Crippen molar-refractivity contribution in [1.29, 1.82) is 0 Å². The molecule has 0 unspecified atom stereocenters. The van der Waals surface area contributed by atoms with E-state index in [-0.39, 0.29) is 6.61 Å². The Morgan fingerprint density at radius 2 is 1.79 bits per heavy atom. The smallest absolute Gasteiger partial charge is 0.303 e. The molecule has 1 aliphatic rings. The Labute approximate surface area is 143 Å². The number of aliphatic hydroxyl groups excluding tert-OH is 2. The minimum absolute atomic E-state index is 0.192. The average molecular weight is 356 g/mol. The molecule has 0 amide bonds. The fourth-order valence-corrected chi connectivity index (χ4v) is 3.39. The zero-order chi connectivity index (χ0) is 17.7. The molecular formula is C16H20O7S. The third kappa shape index (κ3) is 4.94. The van der Waals surface area contributed by atoms with Crippen molar-refractivity contribution in [2.45, 2.75) is 48.6 Å². The number of aliphatic hydroxyl groups is 2. The van der Waals surface area contributed by atoms with Crippen molar-refractivity contribution >= 4 is 23.7 Å². The van der Waals surface area contributed by atoms with Gasteiger partial charge in [0.05, 0.1) is 0 Å². The van der Waals surface area contributed by atoms with E-state index >= 15 is 0 Å². The van der Waals surface area contributed by atoms with Gasteiger partial charge in [0.15, 0.2) is 6.10 Å². The summed E-state index contributed by atoms with van der Waals surface area (Å²) in [5.74, 6) is -1.15. The van der Waals surface area contributed by atoms with Gasteiger partial charge in [-0.05, 0) is 12.1 Å². The zero-order valence-electron chi connectivity index (χ0n) is 13.3. The number of thioether (sulfide) groups is 1. The van der Waals surface area contributed by atoms with Crippen LogP contribution in [-0.4, -0.2) is 58.6 Å². The number of rotatable bonds is 5. The van der Waals surface area contributed by atoms with Crippen molar-refractivity contribution in [2.24, 2.45) is 0 Å². The van der Waals surface area contributed by atoms with Gasteiger partial charge in [0.2, 0.25) is 0 Å². The minimum Gasteiger partial charge on any atom is -0.463 e. The fraction of sp³-hybridized carbons (Fsp3) is 0.500. The summed E-state index contributed by atoms with van der Waals surface area (Å²) in [7, 11) is 0. The van der Waals surface area contributed by atoms with E-state index in [0.717, 1.165) is 4.90 Å².